The zero-order valence-corrected chi connectivity index (χ0v) is 16.3. The van der Waals surface area contributed by atoms with Gasteiger partial charge in [-0.3, -0.25) is 9.36 Å². The summed E-state index contributed by atoms with van der Waals surface area (Å²) in [6.07, 6.45) is 4.11. The average molecular weight is 388 g/mol. The standard InChI is InChI=1S/C22H20N4OS/c1-14(20(27)18-13-23-19-10-6-5-9-17(18)19)28-22-25-24-21(15-11-12-15)26(22)16-7-3-2-4-8-16/h2-10,13-15,23H,11-12H2,1H3/t14-/m1/s1. The Morgan fingerprint density at radius 3 is 2.64 bits per heavy atom. The lowest BCUT2D eigenvalue weighted by Gasteiger charge is -2.12. The van der Waals surface area contributed by atoms with E-state index in [-0.39, 0.29) is 11.0 Å². The summed E-state index contributed by atoms with van der Waals surface area (Å²) in [6, 6.07) is 18.0. The van der Waals surface area contributed by atoms with Crippen LogP contribution in [0.5, 0.6) is 0 Å². The molecule has 1 aliphatic carbocycles. The third kappa shape index (κ3) is 3.03. The molecule has 2 aromatic heterocycles. The molecular weight excluding hydrogens is 368 g/mol. The van der Waals surface area contributed by atoms with E-state index >= 15 is 0 Å². The minimum atomic E-state index is -0.266. The summed E-state index contributed by atoms with van der Waals surface area (Å²) in [4.78, 5) is 16.3. The lowest BCUT2D eigenvalue weighted by atomic mass is 10.1. The van der Waals surface area contributed by atoms with Gasteiger partial charge in [-0.25, -0.2) is 0 Å². The molecule has 0 bridgehead atoms. The van der Waals surface area contributed by atoms with Crippen molar-refractivity contribution < 1.29 is 4.79 Å². The number of fused-ring (bicyclic) bond motifs is 1. The van der Waals surface area contributed by atoms with Crippen molar-refractivity contribution in [1.29, 1.82) is 0 Å². The van der Waals surface area contributed by atoms with Crippen molar-refractivity contribution >= 4 is 28.4 Å². The third-order valence-electron chi connectivity index (χ3n) is 5.12. The number of thioether (sulfide) groups is 1. The molecule has 140 valence electrons. The Balaban J connectivity index is 1.47. The van der Waals surface area contributed by atoms with Crippen LogP contribution in [0, 0.1) is 0 Å². The predicted octanol–water partition coefficient (Wildman–Crippen LogP) is 4.99. The first-order chi connectivity index (χ1) is 13.7. The molecular formula is C22H20N4OS. The van der Waals surface area contributed by atoms with Gasteiger partial charge in [-0.05, 0) is 38.0 Å². The Labute approximate surface area is 167 Å². The molecule has 0 saturated heterocycles. The highest BCUT2D eigenvalue weighted by Gasteiger charge is 2.32. The number of rotatable bonds is 6. The predicted molar refractivity (Wildman–Crippen MR) is 111 cm³/mol. The number of nitrogens with zero attached hydrogens (tertiary/aromatic N) is 3. The Bertz CT molecular complexity index is 1140. The van der Waals surface area contributed by atoms with Gasteiger partial charge < -0.3 is 4.98 Å². The molecule has 1 atom stereocenters. The van der Waals surface area contributed by atoms with Crippen LogP contribution in [0.2, 0.25) is 0 Å². The van der Waals surface area contributed by atoms with Crippen LogP contribution in [0.4, 0.5) is 0 Å². The number of nitrogens with one attached hydrogen (secondary N) is 1. The van der Waals surface area contributed by atoms with Gasteiger partial charge in [0.15, 0.2) is 10.9 Å². The van der Waals surface area contributed by atoms with Crippen LogP contribution in [0.15, 0.2) is 66.0 Å². The second-order valence-electron chi connectivity index (χ2n) is 7.16. The average Bonchev–Trinajstić information content (AvgIpc) is 3.35. The summed E-state index contributed by atoms with van der Waals surface area (Å²) in [5.41, 5.74) is 2.75. The van der Waals surface area contributed by atoms with Crippen molar-refractivity contribution in [3.05, 3.63) is 72.2 Å². The first-order valence-electron chi connectivity index (χ1n) is 9.50. The van der Waals surface area contributed by atoms with Gasteiger partial charge >= 0.3 is 0 Å². The fourth-order valence-corrected chi connectivity index (χ4v) is 4.43. The number of H-pyrrole nitrogens is 1. The number of aromatic amines is 1. The van der Waals surface area contributed by atoms with Crippen LogP contribution in [0.1, 0.15) is 41.9 Å². The summed E-state index contributed by atoms with van der Waals surface area (Å²) in [5.74, 6) is 1.57. The van der Waals surface area contributed by atoms with Crippen molar-refractivity contribution in [2.75, 3.05) is 0 Å². The maximum absolute atomic E-state index is 13.1. The number of aromatic nitrogens is 4. The number of hydrogen-bond donors (Lipinski definition) is 1. The van der Waals surface area contributed by atoms with Crippen molar-refractivity contribution in [2.24, 2.45) is 0 Å². The minimum absolute atomic E-state index is 0.0954. The number of para-hydroxylation sites is 2. The maximum Gasteiger partial charge on any atom is 0.196 e. The normalized spacial score (nSPS) is 15.0. The van der Waals surface area contributed by atoms with Crippen LogP contribution in [-0.2, 0) is 0 Å². The fraction of sp³-hybridized carbons (Fsp3) is 0.227. The van der Waals surface area contributed by atoms with Gasteiger partial charge in [0, 0.05) is 34.3 Å². The molecule has 4 aromatic rings. The van der Waals surface area contributed by atoms with E-state index in [9.17, 15) is 4.79 Å². The molecule has 1 fully saturated rings. The molecule has 5 rings (SSSR count). The zero-order chi connectivity index (χ0) is 19.1. The van der Waals surface area contributed by atoms with E-state index in [4.69, 9.17) is 0 Å². The molecule has 6 heteroatoms. The van der Waals surface area contributed by atoms with Gasteiger partial charge in [0.1, 0.15) is 5.82 Å². The monoisotopic (exact) mass is 388 g/mol. The van der Waals surface area contributed by atoms with Gasteiger partial charge in [0.25, 0.3) is 0 Å². The molecule has 2 aromatic carbocycles. The number of carbonyl (C=O) groups excluding carboxylic acids is 1. The molecule has 0 aliphatic heterocycles. The zero-order valence-electron chi connectivity index (χ0n) is 15.5. The Morgan fingerprint density at radius 1 is 1.11 bits per heavy atom. The van der Waals surface area contributed by atoms with Gasteiger partial charge in [-0.2, -0.15) is 0 Å². The third-order valence-corrected chi connectivity index (χ3v) is 6.16. The van der Waals surface area contributed by atoms with Crippen molar-refractivity contribution in [1.82, 2.24) is 19.7 Å². The van der Waals surface area contributed by atoms with Crippen LogP contribution in [0.25, 0.3) is 16.6 Å². The largest absolute Gasteiger partial charge is 0.360 e. The maximum atomic E-state index is 13.1. The number of ketones is 1. The van der Waals surface area contributed by atoms with Crippen molar-refractivity contribution in [2.45, 2.75) is 36.1 Å². The molecule has 0 amide bonds. The lowest BCUT2D eigenvalue weighted by molar-refractivity contribution is 0.0995. The quantitative estimate of drug-likeness (QED) is 0.373. The Hall–Kier alpha value is -2.86. The van der Waals surface area contributed by atoms with E-state index in [2.05, 4.69) is 31.9 Å². The second kappa shape index (κ2) is 6.95. The van der Waals surface area contributed by atoms with Gasteiger partial charge in [0.2, 0.25) is 0 Å². The van der Waals surface area contributed by atoms with Crippen molar-refractivity contribution in [3.8, 4) is 5.69 Å². The first kappa shape index (κ1) is 17.3. The molecule has 0 unspecified atom stereocenters. The van der Waals surface area contributed by atoms with Gasteiger partial charge in [0.05, 0.1) is 5.25 Å². The van der Waals surface area contributed by atoms with Gasteiger partial charge in [-0.1, -0.05) is 48.2 Å². The number of benzene rings is 2. The second-order valence-corrected chi connectivity index (χ2v) is 8.47. The van der Waals surface area contributed by atoms with E-state index < -0.39 is 0 Å². The molecule has 1 aliphatic rings. The highest BCUT2D eigenvalue weighted by Crippen LogP contribution is 2.41. The molecule has 0 radical (unpaired) electrons. The molecule has 0 spiro atoms. The smallest absolute Gasteiger partial charge is 0.196 e. The van der Waals surface area contributed by atoms with Crippen LogP contribution < -0.4 is 0 Å². The summed E-state index contributed by atoms with van der Waals surface area (Å²) in [6.45, 7) is 1.94. The van der Waals surface area contributed by atoms with E-state index in [0.29, 0.717) is 5.92 Å². The minimum Gasteiger partial charge on any atom is -0.360 e. The number of Topliss-reactive ketones (excluding diaryl/α,β-unsaturated/α-hetero) is 1. The van der Waals surface area contributed by atoms with E-state index in [1.807, 2.05) is 55.6 Å². The number of carbonyl (C=O) groups is 1. The van der Waals surface area contributed by atoms with Crippen LogP contribution in [-0.4, -0.2) is 30.8 Å². The summed E-state index contributed by atoms with van der Waals surface area (Å²) in [5, 5.41) is 10.4. The first-order valence-corrected chi connectivity index (χ1v) is 10.4. The fourth-order valence-electron chi connectivity index (χ4n) is 3.49. The molecule has 1 saturated carbocycles. The molecule has 2 heterocycles. The van der Waals surface area contributed by atoms with E-state index in [1.54, 1.807) is 0 Å². The summed E-state index contributed by atoms with van der Waals surface area (Å²) in [7, 11) is 0. The molecule has 5 nitrogen and oxygen atoms in total. The van der Waals surface area contributed by atoms with Crippen molar-refractivity contribution in [3.63, 3.8) is 0 Å². The van der Waals surface area contributed by atoms with E-state index in [1.165, 1.54) is 11.8 Å². The Kier molecular flexibility index (Phi) is 4.28. The lowest BCUT2D eigenvalue weighted by Crippen LogP contribution is -2.14. The van der Waals surface area contributed by atoms with Crippen LogP contribution >= 0.6 is 11.8 Å². The number of hydrogen-bond acceptors (Lipinski definition) is 4. The Morgan fingerprint density at radius 2 is 1.86 bits per heavy atom. The van der Waals surface area contributed by atoms with E-state index in [0.717, 1.165) is 46.0 Å². The summed E-state index contributed by atoms with van der Waals surface area (Å²) >= 11 is 1.47. The highest BCUT2D eigenvalue weighted by atomic mass is 32.2. The van der Waals surface area contributed by atoms with Gasteiger partial charge in [-0.15, -0.1) is 10.2 Å². The SMILES string of the molecule is C[C@@H](Sc1nnc(C2CC2)n1-c1ccccc1)C(=O)c1c[nH]c2ccccc12. The topological polar surface area (TPSA) is 63.6 Å². The van der Waals surface area contributed by atoms with Crippen LogP contribution in [0.3, 0.4) is 0 Å². The molecule has 28 heavy (non-hydrogen) atoms. The molecule has 1 N–H and O–H groups in total. The summed E-state index contributed by atoms with van der Waals surface area (Å²) < 4.78 is 2.11. The highest BCUT2D eigenvalue weighted by molar-refractivity contribution is 8.00.